The predicted molar refractivity (Wildman–Crippen MR) is 171 cm³/mol. The van der Waals surface area contributed by atoms with Crippen LogP contribution in [0, 0.1) is 11.3 Å². The molecule has 0 amide bonds. The summed E-state index contributed by atoms with van der Waals surface area (Å²) in [6.45, 7) is 6.52. The molecule has 1 saturated heterocycles. The highest BCUT2D eigenvalue weighted by Gasteiger charge is 2.39. The van der Waals surface area contributed by atoms with Gasteiger partial charge >= 0.3 is 5.97 Å². The lowest BCUT2D eigenvalue weighted by Crippen LogP contribution is -2.44. The lowest BCUT2D eigenvalue weighted by atomic mass is 9.68. The Morgan fingerprint density at radius 2 is 1.64 bits per heavy atom. The van der Waals surface area contributed by atoms with Crippen LogP contribution in [0.4, 0.5) is 0 Å². The van der Waals surface area contributed by atoms with Crippen molar-refractivity contribution in [2.24, 2.45) is 7.05 Å². The summed E-state index contributed by atoms with van der Waals surface area (Å²) in [6, 6.07) is 31.1. The second kappa shape index (κ2) is 12.9. The summed E-state index contributed by atoms with van der Waals surface area (Å²) in [5.74, 6) is -0.508. The number of likely N-dealkylation sites (tertiary alicyclic amines) is 1. The molecule has 1 atom stereocenters. The van der Waals surface area contributed by atoms with Crippen LogP contribution in [0.1, 0.15) is 60.7 Å². The van der Waals surface area contributed by atoms with Gasteiger partial charge in [-0.25, -0.2) is 4.79 Å². The van der Waals surface area contributed by atoms with Crippen LogP contribution in [0.5, 0.6) is 0 Å². The van der Waals surface area contributed by atoms with Gasteiger partial charge in [0, 0.05) is 34.8 Å². The quantitative estimate of drug-likeness (QED) is 0.279. The molecular weight excluding hydrogens is 562 g/mol. The van der Waals surface area contributed by atoms with Crippen LogP contribution in [0.3, 0.4) is 0 Å². The van der Waals surface area contributed by atoms with E-state index in [0.717, 1.165) is 42.8 Å². The smallest absolute Gasteiger partial charge is 0.336 e. The molecule has 3 heterocycles. The summed E-state index contributed by atoms with van der Waals surface area (Å²) in [4.78, 5) is 17.6. The minimum Gasteiger partial charge on any atom is -0.461 e. The maximum Gasteiger partial charge on any atom is 0.336 e. The van der Waals surface area contributed by atoms with Crippen LogP contribution in [0.25, 0.3) is 5.57 Å². The Kier molecular flexibility index (Phi) is 8.58. The highest BCUT2D eigenvalue weighted by Crippen LogP contribution is 2.43. The number of rotatable bonds is 8. The Morgan fingerprint density at radius 1 is 0.978 bits per heavy atom. The maximum atomic E-state index is 13.9. The number of nitriles is 1. The maximum absolute atomic E-state index is 13.9. The number of carbonyl (C=O) groups is 1. The van der Waals surface area contributed by atoms with Crippen molar-refractivity contribution in [2.75, 3.05) is 26.2 Å². The monoisotopic (exact) mass is 599 g/mol. The van der Waals surface area contributed by atoms with Gasteiger partial charge in [0.15, 0.2) is 0 Å². The molecule has 1 unspecified atom stereocenters. The molecule has 1 fully saturated rings. The third-order valence-electron chi connectivity index (χ3n) is 9.08. The van der Waals surface area contributed by atoms with Gasteiger partial charge in [0.25, 0.3) is 0 Å². The number of nitrogens with one attached hydrogen (secondary N) is 1. The van der Waals surface area contributed by atoms with E-state index in [2.05, 4.69) is 92.4 Å². The molecule has 45 heavy (non-hydrogen) atoms. The summed E-state index contributed by atoms with van der Waals surface area (Å²) in [7, 11) is 1.70. The number of piperidine rings is 1. The Labute approximate surface area is 263 Å². The van der Waals surface area contributed by atoms with Gasteiger partial charge in [-0.15, -0.1) is 10.2 Å². The normalized spacial score (nSPS) is 18.3. The number of allylic oxidation sites excluding steroid dienone is 3. The van der Waals surface area contributed by atoms with Gasteiger partial charge in [0.2, 0.25) is 5.82 Å². The molecule has 4 aromatic rings. The van der Waals surface area contributed by atoms with Crippen LogP contribution in [-0.4, -0.2) is 57.3 Å². The van der Waals surface area contributed by atoms with Crippen molar-refractivity contribution in [3.63, 3.8) is 0 Å². The van der Waals surface area contributed by atoms with E-state index in [1.54, 1.807) is 19.2 Å². The summed E-state index contributed by atoms with van der Waals surface area (Å²) in [6.07, 6.45) is 1.97. The van der Waals surface area contributed by atoms with Gasteiger partial charge < -0.3 is 10.1 Å². The van der Waals surface area contributed by atoms with Crippen molar-refractivity contribution >= 4 is 11.5 Å². The number of tetrazole rings is 1. The SMILES string of the molecule is CC1=C(C(=O)OCCN2CCC(c3ccccc3)(c3ccccc3)CC2)C(c2cccc(C#N)c2)C(c2nnn(C)n2)=C(C)N1. The second-order valence-corrected chi connectivity index (χ2v) is 11.8. The lowest BCUT2D eigenvalue weighted by Gasteiger charge is -2.43. The summed E-state index contributed by atoms with van der Waals surface area (Å²) in [5, 5.41) is 25.7. The molecule has 2 aliphatic rings. The van der Waals surface area contributed by atoms with Crippen LogP contribution >= 0.6 is 0 Å². The van der Waals surface area contributed by atoms with Crippen molar-refractivity contribution in [1.29, 1.82) is 5.26 Å². The van der Waals surface area contributed by atoms with Gasteiger partial charge in [-0.1, -0.05) is 72.8 Å². The lowest BCUT2D eigenvalue weighted by molar-refractivity contribution is -0.139. The zero-order valence-electron chi connectivity index (χ0n) is 25.9. The topological polar surface area (TPSA) is 109 Å². The minimum absolute atomic E-state index is 0.0362. The molecule has 0 radical (unpaired) electrons. The van der Waals surface area contributed by atoms with Gasteiger partial charge in [0.05, 0.1) is 24.3 Å². The first kappa shape index (κ1) is 30.0. The molecule has 1 aromatic heterocycles. The van der Waals surface area contributed by atoms with E-state index in [1.165, 1.54) is 15.9 Å². The molecule has 0 saturated carbocycles. The Hall–Kier alpha value is -5.07. The van der Waals surface area contributed by atoms with Gasteiger partial charge in [-0.2, -0.15) is 10.1 Å². The highest BCUT2D eigenvalue weighted by atomic mass is 16.5. The Balaban J connectivity index is 1.18. The third-order valence-corrected chi connectivity index (χ3v) is 9.08. The molecule has 9 nitrogen and oxygen atoms in total. The first-order valence-electron chi connectivity index (χ1n) is 15.3. The van der Waals surface area contributed by atoms with E-state index < -0.39 is 11.9 Å². The zero-order chi connectivity index (χ0) is 31.4. The van der Waals surface area contributed by atoms with Crippen molar-refractivity contribution in [3.8, 4) is 6.07 Å². The molecule has 0 spiro atoms. The first-order chi connectivity index (χ1) is 21.9. The Bertz CT molecular complexity index is 1740. The predicted octanol–water partition coefficient (Wildman–Crippen LogP) is 5.10. The number of benzene rings is 3. The summed E-state index contributed by atoms with van der Waals surface area (Å²) < 4.78 is 5.98. The van der Waals surface area contributed by atoms with Gasteiger partial charge in [-0.3, -0.25) is 4.90 Å². The molecule has 0 aliphatic carbocycles. The van der Waals surface area contributed by atoms with E-state index in [4.69, 9.17) is 4.74 Å². The molecular formula is C36H37N7O2. The van der Waals surface area contributed by atoms with Crippen LogP contribution in [-0.2, 0) is 22.0 Å². The van der Waals surface area contributed by atoms with E-state index in [1.807, 2.05) is 26.0 Å². The molecule has 6 rings (SSSR count). The number of aromatic nitrogens is 4. The van der Waals surface area contributed by atoms with Gasteiger partial charge in [-0.05, 0) is 73.8 Å². The van der Waals surface area contributed by atoms with E-state index in [9.17, 15) is 10.1 Å². The van der Waals surface area contributed by atoms with E-state index >= 15 is 0 Å². The van der Waals surface area contributed by atoms with Crippen molar-refractivity contribution in [3.05, 3.63) is 130 Å². The number of nitrogens with zero attached hydrogens (tertiary/aromatic N) is 6. The number of dihydropyridines is 1. The van der Waals surface area contributed by atoms with Crippen LogP contribution in [0.15, 0.2) is 102 Å². The van der Waals surface area contributed by atoms with E-state index in [0.29, 0.717) is 29.2 Å². The second-order valence-electron chi connectivity index (χ2n) is 11.8. The Morgan fingerprint density at radius 3 is 2.24 bits per heavy atom. The number of ether oxygens (including phenoxy) is 1. The number of hydrogen-bond acceptors (Lipinski definition) is 8. The molecule has 9 heteroatoms. The number of carbonyl (C=O) groups excluding carboxylic acids is 1. The molecule has 3 aromatic carbocycles. The van der Waals surface area contributed by atoms with Crippen molar-refractivity contribution in [1.82, 2.24) is 30.4 Å². The zero-order valence-corrected chi connectivity index (χ0v) is 25.9. The largest absolute Gasteiger partial charge is 0.461 e. The number of aryl methyl sites for hydroxylation is 1. The average molecular weight is 600 g/mol. The summed E-state index contributed by atoms with van der Waals surface area (Å²) in [5.41, 5.74) is 6.67. The van der Waals surface area contributed by atoms with Crippen molar-refractivity contribution in [2.45, 2.75) is 38.0 Å². The number of hydrogen-bond donors (Lipinski definition) is 1. The van der Waals surface area contributed by atoms with Crippen LogP contribution < -0.4 is 5.32 Å². The molecule has 0 bridgehead atoms. The first-order valence-corrected chi connectivity index (χ1v) is 15.3. The highest BCUT2D eigenvalue weighted by molar-refractivity contribution is 5.97. The standard InChI is InChI=1S/C36H37N7O2/c1-25-31(34-39-41-42(3)40-34)33(28-12-10-11-27(23-28)24-37)32(26(2)38-25)35(44)45-22-21-43-19-17-36(18-20-43,29-13-6-4-7-14-29)30-15-8-5-9-16-30/h4-16,23,33,38H,17-22H2,1-3H3. The minimum atomic E-state index is -0.524. The fourth-order valence-corrected chi connectivity index (χ4v) is 6.84. The molecule has 228 valence electrons. The fourth-order valence-electron chi connectivity index (χ4n) is 6.84. The summed E-state index contributed by atoms with van der Waals surface area (Å²) >= 11 is 0. The van der Waals surface area contributed by atoms with Gasteiger partial charge in [0.1, 0.15) is 6.61 Å². The molecule has 2 aliphatic heterocycles. The van der Waals surface area contributed by atoms with Crippen LogP contribution in [0.2, 0.25) is 0 Å². The average Bonchev–Trinajstić information content (AvgIpc) is 3.51. The number of esters is 1. The third kappa shape index (κ3) is 6.02. The molecule has 1 N–H and O–H groups in total. The van der Waals surface area contributed by atoms with Crippen molar-refractivity contribution < 1.29 is 9.53 Å². The fraction of sp³-hybridized carbons (Fsp3) is 0.306. The van der Waals surface area contributed by atoms with E-state index in [-0.39, 0.29) is 12.0 Å².